The van der Waals surface area contributed by atoms with Gasteiger partial charge in [0.15, 0.2) is 0 Å². The number of benzene rings is 1. The van der Waals surface area contributed by atoms with E-state index in [0.29, 0.717) is 0 Å². The zero-order valence-electron chi connectivity index (χ0n) is 8.99. The van der Waals surface area contributed by atoms with Crippen molar-refractivity contribution in [2.24, 2.45) is 0 Å². The van der Waals surface area contributed by atoms with Crippen molar-refractivity contribution in [3.8, 4) is 5.69 Å². The third-order valence-electron chi connectivity index (χ3n) is 2.26. The first kappa shape index (κ1) is 12.5. The lowest BCUT2D eigenvalue weighted by Crippen LogP contribution is -2.14. The van der Waals surface area contributed by atoms with Crippen LogP contribution in [0.1, 0.15) is 0 Å². The van der Waals surface area contributed by atoms with Gasteiger partial charge in [0, 0.05) is 12.3 Å². The summed E-state index contributed by atoms with van der Waals surface area (Å²) in [5, 5.41) is 3.80. The van der Waals surface area contributed by atoms with Gasteiger partial charge in [-0.15, -0.1) is 0 Å². The molecule has 0 bridgehead atoms. The second-order valence-corrected chi connectivity index (χ2v) is 5.34. The average molecular weight is 273 g/mol. The molecular formula is C10H9F2N3O2S. The monoisotopic (exact) mass is 273 g/mol. The maximum atomic E-state index is 12.6. The van der Waals surface area contributed by atoms with Gasteiger partial charge in [-0.3, -0.25) is 0 Å². The molecular weight excluding hydrogens is 264 g/mol. The average Bonchev–Trinajstić information content (AvgIpc) is 2.75. The van der Waals surface area contributed by atoms with Gasteiger partial charge in [-0.05, 0) is 12.1 Å². The number of alkyl halides is 2. The number of aromatic nitrogens is 2. The van der Waals surface area contributed by atoms with Gasteiger partial charge in [0.2, 0.25) is 9.84 Å². The van der Waals surface area contributed by atoms with E-state index in [2.05, 4.69) is 5.10 Å². The summed E-state index contributed by atoms with van der Waals surface area (Å²) in [6, 6.07) is 6.81. The van der Waals surface area contributed by atoms with Gasteiger partial charge in [-0.25, -0.2) is 13.1 Å². The highest BCUT2D eigenvalue weighted by molar-refractivity contribution is 7.91. The third kappa shape index (κ3) is 2.06. The fourth-order valence-electron chi connectivity index (χ4n) is 1.46. The van der Waals surface area contributed by atoms with Gasteiger partial charge >= 0.3 is 5.76 Å². The Kier molecular flexibility index (Phi) is 3.04. The third-order valence-corrected chi connectivity index (χ3v) is 3.69. The molecule has 0 saturated carbocycles. The molecule has 0 fully saturated rings. The Hall–Kier alpha value is -1.96. The molecule has 5 nitrogen and oxygen atoms in total. The van der Waals surface area contributed by atoms with Gasteiger partial charge in [0.1, 0.15) is 5.82 Å². The van der Waals surface area contributed by atoms with Gasteiger partial charge in [0.25, 0.3) is 0 Å². The molecule has 2 N–H and O–H groups in total. The number of rotatable bonds is 3. The Bertz CT molecular complexity index is 667. The Labute approximate surface area is 102 Å². The summed E-state index contributed by atoms with van der Waals surface area (Å²) >= 11 is 0. The van der Waals surface area contributed by atoms with E-state index in [1.807, 2.05) is 0 Å². The van der Waals surface area contributed by atoms with Gasteiger partial charge in [-0.2, -0.15) is 13.9 Å². The molecule has 0 spiro atoms. The van der Waals surface area contributed by atoms with Crippen molar-refractivity contribution in [2.45, 2.75) is 10.7 Å². The van der Waals surface area contributed by atoms with Crippen LogP contribution in [0.15, 0.2) is 41.4 Å². The van der Waals surface area contributed by atoms with Crippen LogP contribution < -0.4 is 5.73 Å². The molecule has 1 aromatic heterocycles. The van der Waals surface area contributed by atoms with Crippen LogP contribution >= 0.6 is 0 Å². The molecule has 96 valence electrons. The standard InChI is InChI=1S/C10H9F2N3O2S/c11-10(12)18(16,17)8-4-2-1-3-7(8)15-6-5-9(13)14-15/h1-6,10H,(H2,13,14). The highest BCUT2D eigenvalue weighted by Gasteiger charge is 2.29. The SMILES string of the molecule is Nc1ccn(-c2ccccc2S(=O)(=O)C(F)F)n1. The smallest absolute Gasteiger partial charge is 0.341 e. The summed E-state index contributed by atoms with van der Waals surface area (Å²) in [6.45, 7) is 0. The molecule has 0 aliphatic heterocycles. The summed E-state index contributed by atoms with van der Waals surface area (Å²) < 4.78 is 49.3. The van der Waals surface area contributed by atoms with Gasteiger partial charge in [-0.1, -0.05) is 12.1 Å². The van der Waals surface area contributed by atoms with Crippen molar-refractivity contribution in [1.82, 2.24) is 9.78 Å². The maximum absolute atomic E-state index is 12.6. The van der Waals surface area contributed by atoms with Crippen LogP contribution in [-0.2, 0) is 9.84 Å². The highest BCUT2D eigenvalue weighted by Crippen LogP contribution is 2.24. The molecule has 0 radical (unpaired) electrons. The minimum Gasteiger partial charge on any atom is -0.382 e. The molecule has 2 rings (SSSR count). The van der Waals surface area contributed by atoms with Crippen LogP contribution in [0.25, 0.3) is 5.69 Å². The molecule has 0 amide bonds. The van der Waals surface area contributed by atoms with E-state index in [4.69, 9.17) is 5.73 Å². The van der Waals surface area contributed by atoms with E-state index in [0.717, 1.165) is 10.7 Å². The first-order valence-corrected chi connectivity index (χ1v) is 6.40. The predicted octanol–water partition coefficient (Wildman–Crippen LogP) is 1.45. The molecule has 0 aliphatic rings. The number of anilines is 1. The fourth-order valence-corrected chi connectivity index (χ4v) is 2.37. The minimum atomic E-state index is -4.68. The summed E-state index contributed by atoms with van der Waals surface area (Å²) in [6.07, 6.45) is 1.40. The highest BCUT2D eigenvalue weighted by atomic mass is 32.2. The lowest BCUT2D eigenvalue weighted by molar-refractivity contribution is 0.234. The maximum Gasteiger partial charge on any atom is 0.341 e. The van der Waals surface area contributed by atoms with Crippen molar-refractivity contribution < 1.29 is 17.2 Å². The van der Waals surface area contributed by atoms with Crippen molar-refractivity contribution in [1.29, 1.82) is 0 Å². The second kappa shape index (κ2) is 4.37. The molecule has 0 unspecified atom stereocenters. The van der Waals surface area contributed by atoms with E-state index in [1.54, 1.807) is 0 Å². The molecule has 0 atom stereocenters. The molecule has 1 heterocycles. The summed E-state index contributed by atoms with van der Waals surface area (Å²) in [4.78, 5) is -0.483. The number of nitrogens with zero attached hydrogens (tertiary/aromatic N) is 2. The lowest BCUT2D eigenvalue weighted by Gasteiger charge is -2.09. The predicted molar refractivity (Wildman–Crippen MR) is 61.2 cm³/mol. The first-order chi connectivity index (χ1) is 8.43. The largest absolute Gasteiger partial charge is 0.382 e. The van der Waals surface area contributed by atoms with E-state index in [9.17, 15) is 17.2 Å². The van der Waals surface area contributed by atoms with Gasteiger partial charge in [0.05, 0.1) is 10.6 Å². The Morgan fingerprint density at radius 3 is 2.44 bits per heavy atom. The number of hydrogen-bond acceptors (Lipinski definition) is 4. The number of nitrogen functional groups attached to an aromatic ring is 1. The first-order valence-electron chi connectivity index (χ1n) is 4.85. The summed E-state index contributed by atoms with van der Waals surface area (Å²) in [7, 11) is -4.68. The van der Waals surface area contributed by atoms with Crippen LogP contribution in [0.2, 0.25) is 0 Å². The minimum absolute atomic E-state index is 0.0366. The van der Waals surface area contributed by atoms with Crippen molar-refractivity contribution in [2.75, 3.05) is 5.73 Å². The van der Waals surface area contributed by atoms with E-state index >= 15 is 0 Å². The van der Waals surface area contributed by atoms with Crippen LogP contribution in [-0.4, -0.2) is 24.0 Å². The Morgan fingerprint density at radius 1 is 1.22 bits per heavy atom. The zero-order valence-corrected chi connectivity index (χ0v) is 9.81. The fraction of sp³-hybridized carbons (Fsp3) is 0.100. The molecule has 2 aromatic rings. The van der Waals surface area contributed by atoms with Crippen molar-refractivity contribution in [3.05, 3.63) is 36.5 Å². The van der Waals surface area contributed by atoms with Crippen molar-refractivity contribution >= 4 is 15.7 Å². The summed E-state index contributed by atoms with van der Waals surface area (Å²) in [5.74, 6) is -3.31. The normalized spacial score (nSPS) is 11.9. The number of para-hydroxylation sites is 1. The number of nitrogens with two attached hydrogens (primary N) is 1. The topological polar surface area (TPSA) is 78.0 Å². The molecule has 0 saturated heterocycles. The molecule has 0 aliphatic carbocycles. The van der Waals surface area contributed by atoms with E-state index < -0.39 is 20.5 Å². The zero-order chi connectivity index (χ0) is 13.3. The van der Waals surface area contributed by atoms with Gasteiger partial charge < -0.3 is 5.73 Å². The Morgan fingerprint density at radius 2 is 1.89 bits per heavy atom. The second-order valence-electron chi connectivity index (χ2n) is 3.46. The summed E-state index contributed by atoms with van der Waals surface area (Å²) in [5.41, 5.74) is 5.44. The van der Waals surface area contributed by atoms with Crippen LogP contribution in [0.3, 0.4) is 0 Å². The number of halogens is 2. The quantitative estimate of drug-likeness (QED) is 0.918. The molecule has 1 aromatic carbocycles. The molecule has 8 heteroatoms. The van der Waals surface area contributed by atoms with E-state index in [1.165, 1.54) is 30.5 Å². The number of hydrogen-bond donors (Lipinski definition) is 1. The lowest BCUT2D eigenvalue weighted by atomic mass is 10.3. The Balaban J connectivity index is 2.64. The van der Waals surface area contributed by atoms with Crippen LogP contribution in [0.5, 0.6) is 0 Å². The van der Waals surface area contributed by atoms with E-state index in [-0.39, 0.29) is 11.5 Å². The number of sulfone groups is 1. The van der Waals surface area contributed by atoms with Crippen LogP contribution in [0.4, 0.5) is 14.6 Å². The van der Waals surface area contributed by atoms with Crippen molar-refractivity contribution in [3.63, 3.8) is 0 Å². The van der Waals surface area contributed by atoms with Crippen LogP contribution in [0, 0.1) is 0 Å². The molecule has 18 heavy (non-hydrogen) atoms.